The second-order valence-electron chi connectivity index (χ2n) is 5.86. The third-order valence-corrected chi connectivity index (χ3v) is 4.43. The summed E-state index contributed by atoms with van der Waals surface area (Å²) in [5.74, 6) is 1.64. The van der Waals surface area contributed by atoms with Gasteiger partial charge in [-0.25, -0.2) is 9.67 Å². The van der Waals surface area contributed by atoms with Crippen molar-refractivity contribution in [2.75, 3.05) is 14.1 Å². The lowest BCUT2D eigenvalue weighted by Crippen LogP contribution is -2.38. The molecule has 7 heteroatoms. The summed E-state index contributed by atoms with van der Waals surface area (Å²) in [6.07, 6.45) is 5.42. The van der Waals surface area contributed by atoms with Crippen LogP contribution in [0, 0.1) is 0 Å². The minimum atomic E-state index is 0.661. The number of nitrogens with zero attached hydrogens (tertiary/aromatic N) is 5. The van der Waals surface area contributed by atoms with Gasteiger partial charge in [-0.1, -0.05) is 28.1 Å². The fourth-order valence-electron chi connectivity index (χ4n) is 2.60. The third kappa shape index (κ3) is 4.70. The Morgan fingerprint density at radius 1 is 1.19 bits per heavy atom. The van der Waals surface area contributed by atoms with E-state index in [1.807, 2.05) is 43.6 Å². The first kappa shape index (κ1) is 18.1. The molecule has 2 aromatic heterocycles. The summed E-state index contributed by atoms with van der Waals surface area (Å²) in [4.78, 5) is 10.8. The molecule has 1 aromatic carbocycles. The van der Waals surface area contributed by atoms with Crippen LogP contribution in [0.1, 0.15) is 11.1 Å². The van der Waals surface area contributed by atoms with Gasteiger partial charge in [-0.15, -0.1) is 0 Å². The molecule has 0 atom stereocenters. The largest absolute Gasteiger partial charge is 0.352 e. The highest BCUT2D eigenvalue weighted by atomic mass is 79.9. The van der Waals surface area contributed by atoms with Crippen molar-refractivity contribution >= 4 is 21.9 Å². The molecule has 3 rings (SSSR count). The van der Waals surface area contributed by atoms with Gasteiger partial charge in [0.15, 0.2) is 11.8 Å². The van der Waals surface area contributed by atoms with Crippen molar-refractivity contribution in [2.45, 2.75) is 13.1 Å². The van der Waals surface area contributed by atoms with Crippen molar-refractivity contribution in [3.05, 3.63) is 76.7 Å². The molecule has 0 aliphatic rings. The van der Waals surface area contributed by atoms with E-state index in [9.17, 15) is 0 Å². The maximum atomic E-state index is 4.38. The highest BCUT2D eigenvalue weighted by Gasteiger charge is 2.07. The Hall–Kier alpha value is -2.67. The SMILES string of the molecule is CN=C(NCc1ccnc(-n2cccn2)c1)N(C)Cc1ccc(Br)cc1. The van der Waals surface area contributed by atoms with Crippen molar-refractivity contribution in [1.29, 1.82) is 0 Å². The molecule has 6 nitrogen and oxygen atoms in total. The molecule has 0 bridgehead atoms. The Morgan fingerprint density at radius 3 is 2.69 bits per heavy atom. The van der Waals surface area contributed by atoms with Crippen LogP contribution >= 0.6 is 15.9 Å². The first-order valence-corrected chi connectivity index (χ1v) is 9.06. The quantitative estimate of drug-likeness (QED) is 0.516. The lowest BCUT2D eigenvalue weighted by Gasteiger charge is -2.22. The molecular weight excluding hydrogens is 392 g/mol. The van der Waals surface area contributed by atoms with Gasteiger partial charge in [-0.05, 0) is 41.5 Å². The molecule has 26 heavy (non-hydrogen) atoms. The normalized spacial score (nSPS) is 11.4. The number of guanidine groups is 1. The Kier molecular flexibility index (Phi) is 6.01. The molecule has 0 aliphatic carbocycles. The zero-order valence-corrected chi connectivity index (χ0v) is 16.4. The van der Waals surface area contributed by atoms with Gasteiger partial charge >= 0.3 is 0 Å². The number of halogens is 1. The zero-order chi connectivity index (χ0) is 18.4. The highest BCUT2D eigenvalue weighted by molar-refractivity contribution is 9.10. The lowest BCUT2D eigenvalue weighted by molar-refractivity contribution is 0.476. The predicted molar refractivity (Wildman–Crippen MR) is 107 cm³/mol. The molecule has 1 N–H and O–H groups in total. The Balaban J connectivity index is 1.62. The number of hydrogen-bond donors (Lipinski definition) is 1. The fourth-order valence-corrected chi connectivity index (χ4v) is 2.87. The van der Waals surface area contributed by atoms with E-state index in [1.165, 1.54) is 5.56 Å². The van der Waals surface area contributed by atoms with E-state index in [1.54, 1.807) is 24.1 Å². The topological polar surface area (TPSA) is 58.3 Å². The Labute approximate surface area is 161 Å². The van der Waals surface area contributed by atoms with Crippen molar-refractivity contribution in [1.82, 2.24) is 25.0 Å². The monoisotopic (exact) mass is 412 g/mol. The van der Waals surface area contributed by atoms with Gasteiger partial charge in [0.25, 0.3) is 0 Å². The number of hydrogen-bond acceptors (Lipinski definition) is 3. The minimum absolute atomic E-state index is 0.661. The van der Waals surface area contributed by atoms with Crippen molar-refractivity contribution in [2.24, 2.45) is 4.99 Å². The number of pyridine rings is 1. The van der Waals surface area contributed by atoms with Crippen LogP contribution in [0.5, 0.6) is 0 Å². The summed E-state index contributed by atoms with van der Waals surface area (Å²) in [6.45, 7) is 1.44. The number of aliphatic imine (C=N–C) groups is 1. The van der Waals surface area contributed by atoms with Crippen LogP contribution in [0.15, 0.2) is 70.5 Å². The summed E-state index contributed by atoms with van der Waals surface area (Å²) < 4.78 is 2.83. The maximum absolute atomic E-state index is 4.38. The molecule has 0 amide bonds. The number of aromatic nitrogens is 3. The van der Waals surface area contributed by atoms with E-state index in [2.05, 4.69) is 53.4 Å². The van der Waals surface area contributed by atoms with Crippen molar-refractivity contribution < 1.29 is 0 Å². The zero-order valence-electron chi connectivity index (χ0n) is 14.8. The van der Waals surface area contributed by atoms with E-state index >= 15 is 0 Å². The molecule has 0 saturated carbocycles. The molecular formula is C19H21BrN6. The van der Waals surface area contributed by atoms with Gasteiger partial charge in [0.2, 0.25) is 0 Å². The molecule has 0 aliphatic heterocycles. The summed E-state index contributed by atoms with van der Waals surface area (Å²) in [5.41, 5.74) is 2.34. The van der Waals surface area contributed by atoms with Crippen LogP contribution in [0.25, 0.3) is 5.82 Å². The molecule has 3 aromatic rings. The van der Waals surface area contributed by atoms with E-state index in [-0.39, 0.29) is 0 Å². The highest BCUT2D eigenvalue weighted by Crippen LogP contribution is 2.12. The molecule has 0 spiro atoms. The smallest absolute Gasteiger partial charge is 0.193 e. The van der Waals surface area contributed by atoms with Gasteiger partial charge in [-0.3, -0.25) is 4.99 Å². The van der Waals surface area contributed by atoms with Crippen LogP contribution < -0.4 is 5.32 Å². The Bertz CT molecular complexity index is 858. The first-order valence-electron chi connectivity index (χ1n) is 8.27. The molecule has 0 fully saturated rings. The second-order valence-corrected chi connectivity index (χ2v) is 6.77. The third-order valence-electron chi connectivity index (χ3n) is 3.91. The summed E-state index contributed by atoms with van der Waals surface area (Å²) in [6, 6.07) is 14.2. The lowest BCUT2D eigenvalue weighted by atomic mass is 10.2. The van der Waals surface area contributed by atoms with Gasteiger partial charge in [0, 0.05) is 50.2 Å². The summed E-state index contributed by atoms with van der Waals surface area (Å²) in [5, 5.41) is 7.62. The first-order chi connectivity index (χ1) is 12.7. The number of benzene rings is 1. The summed E-state index contributed by atoms with van der Waals surface area (Å²) in [7, 11) is 3.82. The van der Waals surface area contributed by atoms with E-state index in [0.717, 1.165) is 28.4 Å². The van der Waals surface area contributed by atoms with Crippen LogP contribution in [0.3, 0.4) is 0 Å². The predicted octanol–water partition coefficient (Wildman–Crippen LogP) is 3.24. The van der Waals surface area contributed by atoms with Gasteiger partial charge in [0.1, 0.15) is 0 Å². The average Bonchev–Trinajstić information content (AvgIpc) is 3.19. The van der Waals surface area contributed by atoms with E-state index in [4.69, 9.17) is 0 Å². The van der Waals surface area contributed by atoms with Gasteiger partial charge < -0.3 is 10.2 Å². The van der Waals surface area contributed by atoms with E-state index < -0.39 is 0 Å². The summed E-state index contributed by atoms with van der Waals surface area (Å²) >= 11 is 3.46. The van der Waals surface area contributed by atoms with Gasteiger partial charge in [-0.2, -0.15) is 5.10 Å². The molecule has 0 radical (unpaired) electrons. The van der Waals surface area contributed by atoms with Crippen molar-refractivity contribution in [3.8, 4) is 5.82 Å². The minimum Gasteiger partial charge on any atom is -0.352 e. The van der Waals surface area contributed by atoms with Crippen LogP contribution in [-0.2, 0) is 13.1 Å². The van der Waals surface area contributed by atoms with E-state index in [0.29, 0.717) is 6.54 Å². The standard InChI is InChI=1S/C19H21BrN6/c1-21-19(25(2)14-15-4-6-17(20)7-5-15)23-13-16-8-10-22-18(12-16)26-11-3-9-24-26/h3-12H,13-14H2,1-2H3,(H,21,23). The van der Waals surface area contributed by atoms with Gasteiger partial charge in [0.05, 0.1) is 0 Å². The fraction of sp³-hybridized carbons (Fsp3) is 0.211. The Morgan fingerprint density at radius 2 is 2.00 bits per heavy atom. The average molecular weight is 413 g/mol. The van der Waals surface area contributed by atoms with Crippen LogP contribution in [0.2, 0.25) is 0 Å². The van der Waals surface area contributed by atoms with Crippen LogP contribution in [-0.4, -0.2) is 39.7 Å². The molecule has 0 unspecified atom stereocenters. The van der Waals surface area contributed by atoms with Crippen molar-refractivity contribution in [3.63, 3.8) is 0 Å². The molecule has 2 heterocycles. The maximum Gasteiger partial charge on any atom is 0.193 e. The second kappa shape index (κ2) is 8.62. The molecule has 134 valence electrons. The molecule has 0 saturated heterocycles. The number of rotatable bonds is 5. The van der Waals surface area contributed by atoms with Crippen LogP contribution in [0.4, 0.5) is 0 Å². The number of nitrogens with one attached hydrogen (secondary N) is 1.